The lowest BCUT2D eigenvalue weighted by Gasteiger charge is -2.41. The number of hydrogen-bond acceptors (Lipinski definition) is 2. The molecule has 3 heterocycles. The second-order valence-electron chi connectivity index (χ2n) is 7.71. The minimum absolute atomic E-state index is 0.165. The molecule has 26 heavy (non-hydrogen) atoms. The SMILES string of the molecule is O=C([C@@H]1C=C2c3cccc4[nH]cc(c34)C[C@H]2N(CCF)C1)N1CCCC1. The fraction of sp³-hybridized carbons (Fsp3) is 0.476. The first-order chi connectivity index (χ1) is 12.8. The second-order valence-corrected chi connectivity index (χ2v) is 7.71. The van der Waals surface area contributed by atoms with Crippen LogP contribution in [0.5, 0.6) is 0 Å². The van der Waals surface area contributed by atoms with Crippen LogP contribution in [0, 0.1) is 5.92 Å². The molecule has 2 atom stereocenters. The van der Waals surface area contributed by atoms with Gasteiger partial charge in [0.1, 0.15) is 6.67 Å². The van der Waals surface area contributed by atoms with Gasteiger partial charge in [-0.2, -0.15) is 0 Å². The van der Waals surface area contributed by atoms with Crippen molar-refractivity contribution in [2.75, 3.05) is 32.9 Å². The van der Waals surface area contributed by atoms with E-state index in [0.717, 1.165) is 37.9 Å². The summed E-state index contributed by atoms with van der Waals surface area (Å²) in [6, 6.07) is 6.47. The van der Waals surface area contributed by atoms with Crippen molar-refractivity contribution >= 4 is 22.4 Å². The molecule has 0 saturated carbocycles. The fourth-order valence-electron chi connectivity index (χ4n) is 5.01. The van der Waals surface area contributed by atoms with Crippen LogP contribution in [0.15, 0.2) is 30.5 Å². The average molecular weight is 353 g/mol. The number of halogens is 1. The van der Waals surface area contributed by atoms with Gasteiger partial charge in [0, 0.05) is 49.3 Å². The van der Waals surface area contributed by atoms with Gasteiger partial charge in [-0.05, 0) is 42.0 Å². The van der Waals surface area contributed by atoms with Crippen molar-refractivity contribution in [3.63, 3.8) is 0 Å². The molecule has 1 N–H and O–H groups in total. The molecule has 3 aliphatic rings. The molecule has 1 aromatic carbocycles. The zero-order valence-corrected chi connectivity index (χ0v) is 14.9. The van der Waals surface area contributed by atoms with Gasteiger partial charge >= 0.3 is 0 Å². The summed E-state index contributed by atoms with van der Waals surface area (Å²) >= 11 is 0. The van der Waals surface area contributed by atoms with Crippen molar-refractivity contribution in [2.24, 2.45) is 5.92 Å². The van der Waals surface area contributed by atoms with Crippen molar-refractivity contribution < 1.29 is 9.18 Å². The second kappa shape index (κ2) is 6.23. The van der Waals surface area contributed by atoms with E-state index in [2.05, 4.69) is 40.4 Å². The van der Waals surface area contributed by atoms with Gasteiger partial charge in [-0.25, -0.2) is 4.39 Å². The highest BCUT2D eigenvalue weighted by Crippen LogP contribution is 2.41. The van der Waals surface area contributed by atoms with Crippen molar-refractivity contribution in [2.45, 2.75) is 25.3 Å². The monoisotopic (exact) mass is 353 g/mol. The Morgan fingerprint density at radius 2 is 2.12 bits per heavy atom. The third kappa shape index (κ3) is 2.41. The van der Waals surface area contributed by atoms with E-state index in [4.69, 9.17) is 0 Å². The molecule has 2 aromatic rings. The van der Waals surface area contributed by atoms with Gasteiger partial charge < -0.3 is 9.88 Å². The number of amides is 1. The number of hydrogen-bond donors (Lipinski definition) is 1. The molecule has 0 radical (unpaired) electrons. The third-order valence-electron chi connectivity index (χ3n) is 6.23. The van der Waals surface area contributed by atoms with Crippen molar-refractivity contribution in [3.8, 4) is 0 Å². The zero-order valence-electron chi connectivity index (χ0n) is 14.9. The average Bonchev–Trinajstić information content (AvgIpc) is 3.33. The number of alkyl halides is 1. The van der Waals surface area contributed by atoms with E-state index < -0.39 is 0 Å². The highest BCUT2D eigenvalue weighted by Gasteiger charge is 2.38. The number of carbonyl (C=O) groups is 1. The lowest BCUT2D eigenvalue weighted by Crippen LogP contribution is -2.49. The Bertz CT molecular complexity index is 881. The normalized spacial score (nSPS) is 25.4. The van der Waals surface area contributed by atoms with Crippen LogP contribution in [0.4, 0.5) is 4.39 Å². The largest absolute Gasteiger partial charge is 0.361 e. The topological polar surface area (TPSA) is 39.3 Å². The Morgan fingerprint density at radius 3 is 2.92 bits per heavy atom. The molecule has 136 valence electrons. The Morgan fingerprint density at radius 1 is 1.27 bits per heavy atom. The molecule has 0 unspecified atom stereocenters. The Labute approximate surface area is 152 Å². The lowest BCUT2D eigenvalue weighted by molar-refractivity contribution is -0.133. The molecule has 2 aliphatic heterocycles. The molecule has 1 saturated heterocycles. The van der Waals surface area contributed by atoms with Gasteiger partial charge in [-0.3, -0.25) is 9.69 Å². The van der Waals surface area contributed by atoms with Crippen LogP contribution in [-0.2, 0) is 11.2 Å². The van der Waals surface area contributed by atoms with Gasteiger partial charge in [0.2, 0.25) is 5.91 Å². The number of nitrogens with zero attached hydrogens (tertiary/aromatic N) is 2. The van der Waals surface area contributed by atoms with Gasteiger partial charge in [-0.1, -0.05) is 18.2 Å². The van der Waals surface area contributed by atoms with Gasteiger partial charge in [0.05, 0.1) is 5.92 Å². The summed E-state index contributed by atoms with van der Waals surface area (Å²) in [6.45, 7) is 2.37. The van der Waals surface area contributed by atoms with E-state index in [0.29, 0.717) is 13.1 Å². The summed E-state index contributed by atoms with van der Waals surface area (Å²) in [5.41, 5.74) is 4.85. The van der Waals surface area contributed by atoms with Crippen molar-refractivity contribution in [1.29, 1.82) is 0 Å². The van der Waals surface area contributed by atoms with Crippen LogP contribution in [0.2, 0.25) is 0 Å². The third-order valence-corrected chi connectivity index (χ3v) is 6.23. The molecule has 1 fully saturated rings. The Balaban J connectivity index is 1.59. The number of nitrogens with one attached hydrogen (secondary N) is 1. The van der Waals surface area contributed by atoms with Crippen LogP contribution >= 0.6 is 0 Å². The summed E-state index contributed by atoms with van der Waals surface area (Å²) in [4.78, 5) is 20.5. The van der Waals surface area contributed by atoms with Gasteiger partial charge in [-0.15, -0.1) is 0 Å². The predicted octanol–water partition coefficient (Wildman–Crippen LogP) is 3.00. The maximum Gasteiger partial charge on any atom is 0.230 e. The fourth-order valence-corrected chi connectivity index (χ4v) is 5.01. The molecule has 0 spiro atoms. The summed E-state index contributed by atoms with van der Waals surface area (Å²) in [5.74, 6) is 0.0472. The predicted molar refractivity (Wildman–Crippen MR) is 101 cm³/mol. The Hall–Kier alpha value is -2.14. The van der Waals surface area contributed by atoms with E-state index in [-0.39, 0.29) is 24.5 Å². The van der Waals surface area contributed by atoms with Crippen molar-refractivity contribution in [3.05, 3.63) is 41.6 Å². The number of aromatic amines is 1. The van der Waals surface area contributed by atoms with Crippen LogP contribution in [0.1, 0.15) is 24.0 Å². The Kier molecular flexibility index (Phi) is 3.85. The smallest absolute Gasteiger partial charge is 0.230 e. The first-order valence-electron chi connectivity index (χ1n) is 9.66. The number of H-pyrrole nitrogens is 1. The summed E-state index contributed by atoms with van der Waals surface area (Å²) in [6.07, 6.45) is 7.34. The van der Waals surface area contributed by atoms with Crippen molar-refractivity contribution in [1.82, 2.24) is 14.8 Å². The van der Waals surface area contributed by atoms with E-state index >= 15 is 0 Å². The molecule has 1 aliphatic carbocycles. The maximum atomic E-state index is 13.3. The number of rotatable bonds is 3. The quantitative estimate of drug-likeness (QED) is 0.921. The van der Waals surface area contributed by atoms with E-state index in [1.807, 2.05) is 4.90 Å². The highest BCUT2D eigenvalue weighted by molar-refractivity contribution is 5.99. The molecular formula is C21H24FN3O. The van der Waals surface area contributed by atoms with Crippen LogP contribution < -0.4 is 0 Å². The number of likely N-dealkylation sites (tertiary alicyclic amines) is 1. The van der Waals surface area contributed by atoms with E-state index in [9.17, 15) is 9.18 Å². The van der Waals surface area contributed by atoms with E-state index in [1.54, 1.807) is 0 Å². The standard InChI is InChI=1S/C21H24FN3O/c22-6-9-25-13-15(21(26)24-7-1-2-8-24)10-17-16-4-3-5-18-20(16)14(12-23-18)11-19(17)25/h3-5,10,12,15,19,23H,1-2,6-9,11,13H2/t15-,19-/m1/s1. The minimum atomic E-state index is -0.376. The van der Waals surface area contributed by atoms with E-state index in [1.165, 1.54) is 22.1 Å². The zero-order chi connectivity index (χ0) is 17.7. The lowest BCUT2D eigenvalue weighted by atomic mass is 9.79. The summed E-state index contributed by atoms with van der Waals surface area (Å²) < 4.78 is 13.3. The molecule has 1 amide bonds. The molecule has 5 heteroatoms. The highest BCUT2D eigenvalue weighted by atomic mass is 19.1. The minimum Gasteiger partial charge on any atom is -0.361 e. The van der Waals surface area contributed by atoms with Gasteiger partial charge in [0.25, 0.3) is 0 Å². The van der Waals surface area contributed by atoms with Crippen LogP contribution in [-0.4, -0.2) is 59.6 Å². The molecule has 1 aromatic heterocycles. The summed E-state index contributed by atoms with van der Waals surface area (Å²) in [5, 5.41) is 1.27. The maximum absolute atomic E-state index is 13.3. The first kappa shape index (κ1) is 16.1. The number of aromatic nitrogens is 1. The molecule has 4 nitrogen and oxygen atoms in total. The molecular weight excluding hydrogens is 329 g/mol. The molecule has 5 rings (SSSR count). The number of benzene rings is 1. The van der Waals surface area contributed by atoms with Crippen LogP contribution in [0.3, 0.4) is 0 Å². The van der Waals surface area contributed by atoms with Gasteiger partial charge in [0.15, 0.2) is 0 Å². The van der Waals surface area contributed by atoms with Crippen LogP contribution in [0.25, 0.3) is 16.5 Å². The molecule has 0 bridgehead atoms. The number of carbonyl (C=O) groups excluding carboxylic acids is 1. The summed E-state index contributed by atoms with van der Waals surface area (Å²) in [7, 11) is 0. The number of fused-ring (bicyclic) bond motifs is 2. The first-order valence-corrected chi connectivity index (χ1v) is 9.66.